The molecule has 2 bridgehead atoms. The van der Waals surface area contributed by atoms with Crippen molar-refractivity contribution in [3.05, 3.63) is 88.3 Å². The molecule has 224 valence electrons. The smallest absolute Gasteiger partial charge is 0.411 e. The van der Waals surface area contributed by atoms with Gasteiger partial charge in [-0.25, -0.2) is 4.79 Å². The highest BCUT2D eigenvalue weighted by Crippen LogP contribution is 2.34. The molecule has 2 aromatic heterocycles. The second kappa shape index (κ2) is 13.9. The summed E-state index contributed by atoms with van der Waals surface area (Å²) < 4.78 is 6.13. The van der Waals surface area contributed by atoms with E-state index in [9.17, 15) is 14.4 Å². The number of methoxy groups -OCH3 is 1. The molecule has 13 nitrogen and oxygen atoms in total. The number of nitrogens with one attached hydrogen (secondary N) is 3. The Bertz CT molecular complexity index is 1760. The number of allylic oxidation sites excluding steroid dienone is 1. The summed E-state index contributed by atoms with van der Waals surface area (Å²) in [6, 6.07) is 11.2. The van der Waals surface area contributed by atoms with Crippen LogP contribution in [0.25, 0.3) is 23.0 Å². The van der Waals surface area contributed by atoms with Crippen molar-refractivity contribution in [3.8, 4) is 16.9 Å². The summed E-state index contributed by atoms with van der Waals surface area (Å²) >= 11 is 12.7. The Hall–Kier alpha value is -5.14. The third-order valence-corrected chi connectivity index (χ3v) is 7.07. The third kappa shape index (κ3) is 7.43. The lowest BCUT2D eigenvalue weighted by molar-refractivity contribution is -0.117. The molecule has 3 N–H and O–H groups in total. The number of tetrazole rings is 1. The normalized spacial score (nSPS) is 15.6. The summed E-state index contributed by atoms with van der Waals surface area (Å²) in [6.07, 6.45) is 8.53. The molecule has 0 saturated carbocycles. The van der Waals surface area contributed by atoms with Gasteiger partial charge in [0, 0.05) is 39.9 Å². The van der Waals surface area contributed by atoms with Gasteiger partial charge in [0.15, 0.2) is 5.15 Å². The van der Waals surface area contributed by atoms with E-state index in [2.05, 4.69) is 46.4 Å². The van der Waals surface area contributed by atoms with Crippen LogP contribution < -0.4 is 16.0 Å². The van der Waals surface area contributed by atoms with Gasteiger partial charge in [0.1, 0.15) is 6.33 Å². The van der Waals surface area contributed by atoms with Gasteiger partial charge in [0.2, 0.25) is 11.8 Å². The number of anilines is 2. The minimum atomic E-state index is -0.658. The van der Waals surface area contributed by atoms with Gasteiger partial charge in [-0.15, -0.1) is 15.3 Å². The first-order valence-electron chi connectivity index (χ1n) is 13.3. The maximum atomic E-state index is 13.2. The molecule has 0 radical (unpaired) electrons. The van der Waals surface area contributed by atoms with Crippen LogP contribution in [0.1, 0.15) is 36.4 Å². The number of amides is 3. The van der Waals surface area contributed by atoms with Gasteiger partial charge in [-0.1, -0.05) is 35.4 Å². The first kappa shape index (κ1) is 30.3. The Kier molecular flexibility index (Phi) is 9.57. The van der Waals surface area contributed by atoms with Crippen molar-refractivity contribution in [2.75, 3.05) is 17.7 Å². The molecule has 3 heterocycles. The van der Waals surface area contributed by atoms with Crippen LogP contribution in [0.4, 0.5) is 16.2 Å². The fraction of sp³-hybridized carbons (Fsp3) is 0.172. The van der Waals surface area contributed by atoms with Crippen molar-refractivity contribution in [1.82, 2.24) is 35.7 Å². The summed E-state index contributed by atoms with van der Waals surface area (Å²) in [5.41, 5.74) is 3.51. The van der Waals surface area contributed by atoms with E-state index in [0.717, 1.165) is 0 Å². The molecular weight excluding hydrogens is 609 g/mol. The van der Waals surface area contributed by atoms with Crippen molar-refractivity contribution in [3.63, 3.8) is 0 Å². The van der Waals surface area contributed by atoms with Gasteiger partial charge in [0.25, 0.3) is 0 Å². The summed E-state index contributed by atoms with van der Waals surface area (Å²) in [4.78, 5) is 37.7. The van der Waals surface area contributed by atoms with Crippen LogP contribution in [0.5, 0.6) is 0 Å². The number of hydrogen-bond donors (Lipinski definition) is 3. The summed E-state index contributed by atoms with van der Waals surface area (Å²) in [5.74, 6) is -0.634. The molecule has 0 fully saturated rings. The molecule has 1 atom stereocenters. The zero-order valence-electron chi connectivity index (χ0n) is 23.2. The predicted molar refractivity (Wildman–Crippen MR) is 164 cm³/mol. The molecule has 15 heteroatoms. The Morgan fingerprint density at radius 1 is 1.11 bits per heavy atom. The van der Waals surface area contributed by atoms with E-state index >= 15 is 0 Å². The maximum absolute atomic E-state index is 13.2. The van der Waals surface area contributed by atoms with Crippen molar-refractivity contribution in [2.24, 2.45) is 0 Å². The van der Waals surface area contributed by atoms with Crippen LogP contribution in [0.2, 0.25) is 10.2 Å². The zero-order valence-corrected chi connectivity index (χ0v) is 24.7. The van der Waals surface area contributed by atoms with Gasteiger partial charge in [-0.2, -0.15) is 4.68 Å². The topological polar surface area (TPSA) is 166 Å². The number of nitrogens with zero attached hydrogens (tertiary/aromatic N) is 6. The number of halogens is 2. The monoisotopic (exact) mass is 633 g/mol. The highest BCUT2D eigenvalue weighted by molar-refractivity contribution is 6.31. The van der Waals surface area contributed by atoms with E-state index in [0.29, 0.717) is 57.3 Å². The Morgan fingerprint density at radius 3 is 2.77 bits per heavy atom. The number of fused-ring (bicyclic) bond motifs is 4. The average molecular weight is 634 g/mol. The molecule has 44 heavy (non-hydrogen) atoms. The molecule has 0 spiro atoms. The van der Waals surface area contributed by atoms with Crippen LogP contribution >= 0.6 is 23.2 Å². The second-order valence-electron chi connectivity index (χ2n) is 9.50. The number of carbonyl (C=O) groups excluding carboxylic acids is 3. The molecule has 1 aliphatic heterocycles. The maximum Gasteiger partial charge on any atom is 0.411 e. The van der Waals surface area contributed by atoms with Crippen molar-refractivity contribution in [1.29, 1.82) is 0 Å². The summed E-state index contributed by atoms with van der Waals surface area (Å²) in [7, 11) is 1.25. The lowest BCUT2D eigenvalue weighted by Crippen LogP contribution is -2.27. The van der Waals surface area contributed by atoms with Crippen molar-refractivity contribution >= 4 is 58.6 Å². The zero-order chi connectivity index (χ0) is 31.1. The van der Waals surface area contributed by atoms with Gasteiger partial charge in [-0.3, -0.25) is 14.9 Å². The second-order valence-corrected chi connectivity index (χ2v) is 10.3. The van der Waals surface area contributed by atoms with E-state index in [1.807, 2.05) is 12.2 Å². The minimum Gasteiger partial charge on any atom is -0.453 e. The van der Waals surface area contributed by atoms with Gasteiger partial charge < -0.3 is 15.4 Å². The average Bonchev–Trinajstić information content (AvgIpc) is 3.54. The number of aromatic nitrogens is 6. The Balaban J connectivity index is 1.47. The van der Waals surface area contributed by atoms with Gasteiger partial charge >= 0.3 is 6.09 Å². The van der Waals surface area contributed by atoms with E-state index in [1.54, 1.807) is 48.5 Å². The number of carbonyl (C=O) groups is 3. The Labute approximate surface area is 261 Å². The highest BCUT2D eigenvalue weighted by Gasteiger charge is 2.21. The largest absolute Gasteiger partial charge is 0.453 e. The molecule has 2 aromatic carbocycles. The highest BCUT2D eigenvalue weighted by atomic mass is 35.5. The van der Waals surface area contributed by atoms with Crippen LogP contribution in [-0.2, 0) is 14.3 Å². The molecule has 0 unspecified atom stereocenters. The van der Waals surface area contributed by atoms with Crippen LogP contribution in [0, 0.1) is 0 Å². The quantitative estimate of drug-likeness (QED) is 0.199. The van der Waals surface area contributed by atoms with Crippen LogP contribution in [-0.4, -0.2) is 55.4 Å². The van der Waals surface area contributed by atoms with Crippen molar-refractivity contribution < 1.29 is 19.1 Å². The van der Waals surface area contributed by atoms with Crippen molar-refractivity contribution in [2.45, 2.75) is 25.3 Å². The van der Waals surface area contributed by atoms with Crippen LogP contribution in [0.3, 0.4) is 0 Å². The molecular formula is C29H25Cl2N9O4. The first-order valence-corrected chi connectivity index (χ1v) is 14.0. The molecule has 4 aromatic rings. The van der Waals surface area contributed by atoms with Crippen LogP contribution in [0.15, 0.2) is 67.0 Å². The molecule has 0 saturated heterocycles. The molecule has 5 rings (SSSR count). The van der Waals surface area contributed by atoms with E-state index in [4.69, 9.17) is 23.2 Å². The third-order valence-electron chi connectivity index (χ3n) is 6.55. The summed E-state index contributed by atoms with van der Waals surface area (Å²) in [6.45, 7) is 0. The van der Waals surface area contributed by atoms with Gasteiger partial charge in [-0.05, 0) is 71.8 Å². The van der Waals surface area contributed by atoms with E-state index in [-0.39, 0.29) is 17.5 Å². The van der Waals surface area contributed by atoms with E-state index < -0.39 is 18.0 Å². The molecule has 0 aliphatic carbocycles. The van der Waals surface area contributed by atoms with E-state index in [1.165, 1.54) is 24.2 Å². The lowest BCUT2D eigenvalue weighted by Gasteiger charge is -2.19. The minimum absolute atomic E-state index is 0.108. The fourth-order valence-electron chi connectivity index (χ4n) is 4.45. The summed E-state index contributed by atoms with van der Waals surface area (Å²) in [5, 5.41) is 28.7. The predicted octanol–water partition coefficient (Wildman–Crippen LogP) is 5.15. The van der Waals surface area contributed by atoms with Gasteiger partial charge in [0.05, 0.1) is 30.2 Å². The molecule has 1 aliphatic rings. The Morgan fingerprint density at radius 2 is 1.98 bits per heavy atom. The fourth-order valence-corrected chi connectivity index (χ4v) is 4.85. The number of benzene rings is 2. The SMILES string of the molecule is COC(=O)Nc1ccc2c(c1)NC(=O)CC/C=C/C[C@H](NC(=O)/C=C/c1cc(Cl)ccc1-n1cnnn1)c1cc-2nnc1Cl. The first-order chi connectivity index (χ1) is 21.3. The number of ether oxygens (including phenoxy) is 1. The number of rotatable bonds is 5. The molecule has 3 amide bonds. The number of hydrogen-bond acceptors (Lipinski definition) is 9. The standard InChI is InChI=1S/C29H25Cl2N9O4/c1-44-29(43)33-19-9-10-20-23(14-19)35-26(41)6-4-2-3-5-22(21-15-24(20)36-37-28(21)31)34-27(42)12-7-17-13-18(30)8-11-25(17)40-16-32-38-39-40/h2-3,7-16,22H,4-6H2,1H3,(H,33,43)(H,34,42)(H,35,41)/b3-2+,12-7+/t22-/m0/s1. The lowest BCUT2D eigenvalue weighted by atomic mass is 10.0.